The number of benzene rings is 1. The summed E-state index contributed by atoms with van der Waals surface area (Å²) in [5.74, 6) is 0. The summed E-state index contributed by atoms with van der Waals surface area (Å²) in [7, 11) is 0. The Labute approximate surface area is 109 Å². The highest BCUT2D eigenvalue weighted by molar-refractivity contribution is 5.55. The summed E-state index contributed by atoms with van der Waals surface area (Å²) in [5, 5.41) is 9.51. The molecule has 1 aliphatic rings. The van der Waals surface area contributed by atoms with E-state index in [2.05, 4.69) is 50.8 Å². The molecular weight excluding hydrogens is 226 g/mol. The van der Waals surface area contributed by atoms with Crippen molar-refractivity contribution in [3.05, 3.63) is 29.3 Å². The minimum absolute atomic E-state index is 0.0865. The molecule has 100 valence electrons. The second kappa shape index (κ2) is 4.90. The quantitative estimate of drug-likeness (QED) is 0.874. The molecular formula is C15H23NO2. The Balaban J connectivity index is 2.30. The number of nitrogens with zero attached hydrogens (tertiary/aromatic N) is 1. The minimum Gasteiger partial charge on any atom is -0.392 e. The van der Waals surface area contributed by atoms with Gasteiger partial charge in [0.1, 0.15) is 0 Å². The predicted octanol–water partition coefficient (Wildman–Crippen LogP) is 2.49. The standard InChI is InChI=1S/C15H23NO2/c1-11-5-6-14(13(7-11)9-17)16-8-12(2)18-15(3,4)10-16/h5-7,12,17H,8-10H2,1-4H3. The van der Waals surface area contributed by atoms with Crippen LogP contribution in [0.2, 0.25) is 0 Å². The first-order chi connectivity index (χ1) is 8.41. The van der Waals surface area contributed by atoms with Crippen LogP contribution < -0.4 is 4.90 Å². The molecule has 1 fully saturated rings. The summed E-state index contributed by atoms with van der Waals surface area (Å²) in [5.41, 5.74) is 3.17. The molecule has 1 unspecified atom stereocenters. The predicted molar refractivity (Wildman–Crippen MR) is 73.9 cm³/mol. The van der Waals surface area contributed by atoms with E-state index in [9.17, 15) is 5.11 Å². The number of aliphatic hydroxyl groups is 1. The molecule has 0 saturated carbocycles. The molecule has 18 heavy (non-hydrogen) atoms. The van der Waals surface area contributed by atoms with E-state index in [-0.39, 0.29) is 18.3 Å². The van der Waals surface area contributed by atoms with Crippen molar-refractivity contribution in [2.45, 2.75) is 46.0 Å². The third kappa shape index (κ3) is 2.85. The topological polar surface area (TPSA) is 32.7 Å². The fourth-order valence-electron chi connectivity index (χ4n) is 2.79. The molecule has 1 aromatic rings. The molecule has 0 spiro atoms. The maximum absolute atomic E-state index is 9.51. The van der Waals surface area contributed by atoms with Gasteiger partial charge in [0.15, 0.2) is 0 Å². The summed E-state index contributed by atoms with van der Waals surface area (Å²) in [6.07, 6.45) is 0.210. The lowest BCUT2D eigenvalue weighted by molar-refractivity contribution is -0.0750. The average molecular weight is 249 g/mol. The van der Waals surface area contributed by atoms with Crippen LogP contribution in [-0.2, 0) is 11.3 Å². The molecule has 3 nitrogen and oxygen atoms in total. The number of anilines is 1. The molecule has 0 bridgehead atoms. The molecule has 1 aliphatic heterocycles. The highest BCUT2D eigenvalue weighted by atomic mass is 16.5. The van der Waals surface area contributed by atoms with Crippen LogP contribution in [0.15, 0.2) is 18.2 Å². The van der Waals surface area contributed by atoms with Crippen LogP contribution in [0.4, 0.5) is 5.69 Å². The molecule has 1 aromatic carbocycles. The summed E-state index contributed by atoms with van der Waals surface area (Å²) >= 11 is 0. The number of hydrogen-bond donors (Lipinski definition) is 1. The Morgan fingerprint density at radius 3 is 2.78 bits per heavy atom. The highest BCUT2D eigenvalue weighted by Gasteiger charge is 2.32. The van der Waals surface area contributed by atoms with Crippen LogP contribution in [-0.4, -0.2) is 29.9 Å². The number of aliphatic hydroxyl groups excluding tert-OH is 1. The van der Waals surface area contributed by atoms with E-state index >= 15 is 0 Å². The van der Waals surface area contributed by atoms with Gasteiger partial charge in [0.05, 0.1) is 18.3 Å². The van der Waals surface area contributed by atoms with Crippen LogP contribution in [0.5, 0.6) is 0 Å². The first kappa shape index (κ1) is 13.4. The van der Waals surface area contributed by atoms with Crippen molar-refractivity contribution >= 4 is 5.69 Å². The number of hydrogen-bond acceptors (Lipinski definition) is 3. The van der Waals surface area contributed by atoms with Crippen molar-refractivity contribution in [3.8, 4) is 0 Å². The van der Waals surface area contributed by atoms with Crippen LogP contribution in [0.1, 0.15) is 31.9 Å². The Hall–Kier alpha value is -1.06. The Morgan fingerprint density at radius 1 is 1.44 bits per heavy atom. The van der Waals surface area contributed by atoms with E-state index in [4.69, 9.17) is 4.74 Å². The third-order valence-electron chi connectivity index (χ3n) is 3.32. The Kier molecular flexibility index (Phi) is 3.64. The number of morpholine rings is 1. The minimum atomic E-state index is -0.144. The number of rotatable bonds is 2. The molecule has 0 aromatic heterocycles. The first-order valence-corrected chi connectivity index (χ1v) is 6.54. The van der Waals surface area contributed by atoms with Crippen molar-refractivity contribution in [3.63, 3.8) is 0 Å². The van der Waals surface area contributed by atoms with Crippen molar-refractivity contribution in [2.75, 3.05) is 18.0 Å². The summed E-state index contributed by atoms with van der Waals surface area (Å²) in [6, 6.07) is 6.26. The fourth-order valence-corrected chi connectivity index (χ4v) is 2.79. The molecule has 0 aliphatic carbocycles. The number of ether oxygens (including phenoxy) is 1. The van der Waals surface area contributed by atoms with Crippen LogP contribution in [0, 0.1) is 6.92 Å². The van der Waals surface area contributed by atoms with Crippen molar-refractivity contribution in [1.82, 2.24) is 0 Å². The molecule has 1 atom stereocenters. The Bertz CT molecular complexity index is 429. The average Bonchev–Trinajstić information content (AvgIpc) is 2.25. The summed E-state index contributed by atoms with van der Waals surface area (Å²) in [4.78, 5) is 2.32. The summed E-state index contributed by atoms with van der Waals surface area (Å²) < 4.78 is 5.92. The molecule has 1 heterocycles. The maximum atomic E-state index is 9.51. The van der Waals surface area contributed by atoms with Gasteiger partial charge in [-0.3, -0.25) is 0 Å². The van der Waals surface area contributed by atoms with Gasteiger partial charge >= 0.3 is 0 Å². The lowest BCUT2D eigenvalue weighted by atomic mass is 10.0. The second-order valence-electron chi connectivity index (χ2n) is 5.86. The fraction of sp³-hybridized carbons (Fsp3) is 0.600. The highest BCUT2D eigenvalue weighted by Crippen LogP contribution is 2.29. The van der Waals surface area contributed by atoms with Crippen molar-refractivity contribution < 1.29 is 9.84 Å². The lowest BCUT2D eigenvalue weighted by Crippen LogP contribution is -2.52. The van der Waals surface area contributed by atoms with Gasteiger partial charge in [-0.1, -0.05) is 17.7 Å². The van der Waals surface area contributed by atoms with Crippen LogP contribution in [0.3, 0.4) is 0 Å². The van der Waals surface area contributed by atoms with E-state index < -0.39 is 0 Å². The van der Waals surface area contributed by atoms with E-state index in [0.717, 1.165) is 24.3 Å². The monoisotopic (exact) mass is 249 g/mol. The van der Waals surface area contributed by atoms with E-state index in [1.165, 1.54) is 5.56 Å². The van der Waals surface area contributed by atoms with Gasteiger partial charge in [-0.2, -0.15) is 0 Å². The smallest absolute Gasteiger partial charge is 0.0805 e. The van der Waals surface area contributed by atoms with Gasteiger partial charge in [0.2, 0.25) is 0 Å². The van der Waals surface area contributed by atoms with E-state index in [1.54, 1.807) is 0 Å². The first-order valence-electron chi connectivity index (χ1n) is 6.54. The lowest BCUT2D eigenvalue weighted by Gasteiger charge is -2.43. The molecule has 0 amide bonds. The number of aryl methyl sites for hydroxylation is 1. The molecule has 1 saturated heterocycles. The van der Waals surface area contributed by atoms with Gasteiger partial charge in [-0.05, 0) is 33.8 Å². The van der Waals surface area contributed by atoms with E-state index in [1.807, 2.05) is 0 Å². The van der Waals surface area contributed by atoms with Gasteiger partial charge in [-0.15, -0.1) is 0 Å². The van der Waals surface area contributed by atoms with Crippen molar-refractivity contribution in [2.24, 2.45) is 0 Å². The van der Waals surface area contributed by atoms with Gasteiger partial charge in [0, 0.05) is 24.3 Å². The SMILES string of the molecule is Cc1ccc(N2CC(C)OC(C)(C)C2)c(CO)c1. The third-order valence-corrected chi connectivity index (χ3v) is 3.32. The zero-order valence-electron chi connectivity index (χ0n) is 11.7. The van der Waals surface area contributed by atoms with Crippen molar-refractivity contribution in [1.29, 1.82) is 0 Å². The van der Waals surface area contributed by atoms with E-state index in [0.29, 0.717) is 0 Å². The normalized spacial score (nSPS) is 23.2. The largest absolute Gasteiger partial charge is 0.392 e. The summed E-state index contributed by atoms with van der Waals surface area (Å²) in [6.45, 7) is 10.2. The van der Waals surface area contributed by atoms with Gasteiger partial charge in [-0.25, -0.2) is 0 Å². The van der Waals surface area contributed by atoms with Gasteiger partial charge in [0.25, 0.3) is 0 Å². The Morgan fingerprint density at radius 2 is 2.17 bits per heavy atom. The molecule has 2 rings (SSSR count). The maximum Gasteiger partial charge on any atom is 0.0805 e. The second-order valence-corrected chi connectivity index (χ2v) is 5.86. The van der Waals surface area contributed by atoms with Crippen LogP contribution >= 0.6 is 0 Å². The zero-order valence-corrected chi connectivity index (χ0v) is 11.7. The molecule has 3 heteroatoms. The molecule has 1 N–H and O–H groups in total. The van der Waals surface area contributed by atoms with Crippen LogP contribution in [0.25, 0.3) is 0 Å². The van der Waals surface area contributed by atoms with Gasteiger partial charge < -0.3 is 14.7 Å². The molecule has 0 radical (unpaired) electrons. The zero-order chi connectivity index (χ0) is 13.3.